The third-order valence-corrected chi connectivity index (χ3v) is 4.38. The second kappa shape index (κ2) is 5.86. The average Bonchev–Trinajstić information content (AvgIpc) is 2.51. The summed E-state index contributed by atoms with van der Waals surface area (Å²) in [5.41, 5.74) is -0.466. The topological polar surface area (TPSA) is 76.6 Å². The van der Waals surface area contributed by atoms with Crippen LogP contribution in [0.25, 0.3) is 0 Å². The molecule has 0 radical (unpaired) electrons. The molecule has 1 aliphatic carbocycles. The molecule has 3 heterocycles. The van der Waals surface area contributed by atoms with Gasteiger partial charge >= 0.3 is 6.09 Å². The lowest BCUT2D eigenvalue weighted by molar-refractivity contribution is 0.0283. The van der Waals surface area contributed by atoms with Gasteiger partial charge in [0.25, 0.3) is 0 Å². The Kier molecular flexibility index (Phi) is 4.04. The fourth-order valence-corrected chi connectivity index (χ4v) is 3.37. The van der Waals surface area contributed by atoms with Gasteiger partial charge in [-0.3, -0.25) is 0 Å². The first-order chi connectivity index (χ1) is 10.9. The van der Waals surface area contributed by atoms with Crippen molar-refractivity contribution in [1.29, 1.82) is 0 Å². The summed E-state index contributed by atoms with van der Waals surface area (Å²) in [5, 5.41) is 3.02. The van der Waals surface area contributed by atoms with Crippen LogP contribution in [0, 0.1) is 11.8 Å². The van der Waals surface area contributed by atoms with Crippen molar-refractivity contribution in [2.24, 2.45) is 11.8 Å². The zero-order valence-electron chi connectivity index (χ0n) is 14.1. The molecule has 3 atom stereocenters. The van der Waals surface area contributed by atoms with Crippen molar-refractivity contribution in [3.05, 3.63) is 12.4 Å². The van der Waals surface area contributed by atoms with E-state index in [-0.39, 0.29) is 12.1 Å². The maximum atomic E-state index is 11.9. The number of rotatable bonds is 3. The van der Waals surface area contributed by atoms with Crippen LogP contribution in [-0.2, 0) is 4.74 Å². The molecule has 1 saturated carbocycles. The summed E-state index contributed by atoms with van der Waals surface area (Å²) in [5.74, 6) is 2.31. The van der Waals surface area contributed by atoms with Gasteiger partial charge in [0.2, 0.25) is 5.88 Å². The number of nitrogens with one attached hydrogen (secondary N) is 1. The highest BCUT2D eigenvalue weighted by molar-refractivity contribution is 5.68. The highest BCUT2D eigenvalue weighted by atomic mass is 16.6. The van der Waals surface area contributed by atoms with Gasteiger partial charge in [-0.1, -0.05) is 0 Å². The number of ether oxygens (including phenoxy) is 2. The number of aromatic nitrogens is 2. The molecule has 2 saturated heterocycles. The monoisotopic (exact) mass is 320 g/mol. The lowest BCUT2D eigenvalue weighted by Gasteiger charge is -2.53. The standard InChI is InChI=1S/C16H24N4O3/c1-16(2,3)23-15(21)19-14-10-5-11(14)8-20(7-10)12-6-13(22-4)18-9-17-12/h6,9-11,14H,5,7-8H2,1-4H3,(H,19,21)/t10-,11?,14?/m0/s1. The van der Waals surface area contributed by atoms with Crippen molar-refractivity contribution in [3.63, 3.8) is 0 Å². The number of nitrogens with zero attached hydrogens (tertiary/aromatic N) is 3. The Hall–Kier alpha value is -2.05. The van der Waals surface area contributed by atoms with E-state index in [2.05, 4.69) is 20.2 Å². The van der Waals surface area contributed by atoms with Crippen molar-refractivity contribution in [2.75, 3.05) is 25.1 Å². The lowest BCUT2D eigenvalue weighted by atomic mass is 9.66. The number of anilines is 1. The van der Waals surface area contributed by atoms with Crippen LogP contribution in [0.3, 0.4) is 0 Å². The van der Waals surface area contributed by atoms with E-state index in [9.17, 15) is 4.79 Å². The summed E-state index contributed by atoms with van der Waals surface area (Å²) in [4.78, 5) is 22.5. The number of methoxy groups -OCH3 is 1. The molecule has 1 N–H and O–H groups in total. The largest absolute Gasteiger partial charge is 0.481 e. The van der Waals surface area contributed by atoms with Crippen molar-refractivity contribution in [1.82, 2.24) is 15.3 Å². The van der Waals surface area contributed by atoms with Crippen molar-refractivity contribution >= 4 is 11.9 Å². The van der Waals surface area contributed by atoms with Gasteiger partial charge in [-0.2, -0.15) is 0 Å². The normalized spacial score (nSPS) is 26.3. The van der Waals surface area contributed by atoms with Gasteiger partial charge in [0.05, 0.1) is 7.11 Å². The minimum Gasteiger partial charge on any atom is -0.481 e. The molecule has 2 bridgehead atoms. The molecule has 1 aromatic heterocycles. The van der Waals surface area contributed by atoms with Crippen molar-refractivity contribution in [2.45, 2.75) is 38.8 Å². The molecule has 1 aromatic rings. The Morgan fingerprint density at radius 2 is 2.00 bits per heavy atom. The molecule has 0 spiro atoms. The summed E-state index contributed by atoms with van der Waals surface area (Å²) in [6.45, 7) is 7.36. The predicted octanol–water partition coefficient (Wildman–Crippen LogP) is 1.83. The van der Waals surface area contributed by atoms with Crippen LogP contribution < -0.4 is 15.0 Å². The third kappa shape index (κ3) is 3.48. The highest BCUT2D eigenvalue weighted by Gasteiger charge is 2.48. The van der Waals surface area contributed by atoms with Gasteiger partial charge in [0.1, 0.15) is 17.7 Å². The maximum Gasteiger partial charge on any atom is 0.407 e. The predicted molar refractivity (Wildman–Crippen MR) is 85.6 cm³/mol. The number of hydrogen-bond acceptors (Lipinski definition) is 6. The number of carbonyl (C=O) groups excluding carboxylic acids is 1. The zero-order valence-corrected chi connectivity index (χ0v) is 14.1. The molecule has 3 aliphatic rings. The Balaban J connectivity index is 1.58. The first-order valence-electron chi connectivity index (χ1n) is 7.96. The number of carbonyl (C=O) groups is 1. The summed E-state index contributed by atoms with van der Waals surface area (Å²) in [6, 6.07) is 2.05. The fourth-order valence-electron chi connectivity index (χ4n) is 3.37. The van der Waals surface area contributed by atoms with Crippen LogP contribution in [-0.4, -0.2) is 47.9 Å². The molecule has 7 heteroatoms. The van der Waals surface area contributed by atoms with Crippen molar-refractivity contribution in [3.8, 4) is 5.88 Å². The number of hydrogen-bond donors (Lipinski definition) is 1. The highest BCUT2D eigenvalue weighted by Crippen LogP contribution is 2.41. The molecule has 4 rings (SSSR count). The SMILES string of the molecule is COc1cc(N2CC3C[C@@H](C2)C3NC(=O)OC(C)(C)C)ncn1. The van der Waals surface area contributed by atoms with Crippen LogP contribution in [0.4, 0.5) is 10.6 Å². The van der Waals surface area contributed by atoms with Crippen molar-refractivity contribution < 1.29 is 14.3 Å². The van der Waals surface area contributed by atoms with E-state index < -0.39 is 5.60 Å². The first kappa shape index (κ1) is 15.8. The minimum atomic E-state index is -0.466. The van der Waals surface area contributed by atoms with Crippen LogP contribution in [0.2, 0.25) is 0 Å². The molecule has 2 unspecified atom stereocenters. The fraction of sp³-hybridized carbons (Fsp3) is 0.688. The summed E-state index contributed by atoms with van der Waals surface area (Å²) in [7, 11) is 1.60. The molecule has 3 fully saturated rings. The van der Waals surface area contributed by atoms with Gasteiger partial charge in [-0.25, -0.2) is 14.8 Å². The van der Waals surface area contributed by atoms with Crippen LogP contribution in [0.1, 0.15) is 27.2 Å². The number of fused-ring (bicyclic) bond motifs is 2. The van der Waals surface area contributed by atoms with Crippen LogP contribution in [0.5, 0.6) is 5.88 Å². The number of piperidine rings is 2. The third-order valence-electron chi connectivity index (χ3n) is 4.38. The zero-order chi connectivity index (χ0) is 16.6. The van der Waals surface area contributed by atoms with E-state index in [0.29, 0.717) is 17.7 Å². The number of amides is 1. The minimum absolute atomic E-state index is 0.199. The smallest absolute Gasteiger partial charge is 0.407 e. The molecular formula is C16H24N4O3. The molecule has 23 heavy (non-hydrogen) atoms. The van der Waals surface area contributed by atoms with Gasteiger partial charge in [-0.15, -0.1) is 0 Å². The Labute approximate surface area is 136 Å². The van der Waals surface area contributed by atoms with E-state index in [4.69, 9.17) is 9.47 Å². The second-order valence-electron chi connectivity index (χ2n) is 7.25. The molecule has 7 nitrogen and oxygen atoms in total. The summed E-state index contributed by atoms with van der Waals surface area (Å²) < 4.78 is 10.5. The van der Waals surface area contributed by atoms with Gasteiger partial charge in [-0.05, 0) is 39.0 Å². The quantitative estimate of drug-likeness (QED) is 0.916. The summed E-state index contributed by atoms with van der Waals surface area (Å²) >= 11 is 0. The average molecular weight is 320 g/mol. The molecular weight excluding hydrogens is 296 g/mol. The first-order valence-corrected chi connectivity index (χ1v) is 7.96. The maximum absolute atomic E-state index is 11.9. The van der Waals surface area contributed by atoms with E-state index in [1.54, 1.807) is 7.11 Å². The van der Waals surface area contributed by atoms with Gasteiger partial charge in [0, 0.05) is 25.2 Å². The van der Waals surface area contributed by atoms with E-state index >= 15 is 0 Å². The van der Waals surface area contributed by atoms with E-state index in [1.807, 2.05) is 26.8 Å². The van der Waals surface area contributed by atoms with E-state index in [0.717, 1.165) is 25.3 Å². The lowest BCUT2D eigenvalue weighted by Crippen LogP contribution is -2.65. The van der Waals surface area contributed by atoms with Crippen LogP contribution >= 0.6 is 0 Å². The summed E-state index contributed by atoms with van der Waals surface area (Å²) in [6.07, 6.45) is 2.33. The molecule has 126 valence electrons. The van der Waals surface area contributed by atoms with Gasteiger partial charge < -0.3 is 19.7 Å². The van der Waals surface area contributed by atoms with Gasteiger partial charge in [0.15, 0.2) is 0 Å². The molecule has 2 aliphatic heterocycles. The Morgan fingerprint density at radius 3 is 2.61 bits per heavy atom. The second-order valence-corrected chi connectivity index (χ2v) is 7.25. The Bertz CT molecular complexity index is 575. The molecule has 1 amide bonds. The van der Waals surface area contributed by atoms with E-state index in [1.165, 1.54) is 6.33 Å². The van der Waals surface area contributed by atoms with Crippen LogP contribution in [0.15, 0.2) is 12.4 Å². The Morgan fingerprint density at radius 1 is 1.30 bits per heavy atom. The molecule has 0 aromatic carbocycles. The number of alkyl carbamates (subject to hydrolysis) is 1.